The molecule has 0 saturated heterocycles. The molecule has 0 atom stereocenters. The predicted octanol–water partition coefficient (Wildman–Crippen LogP) is 3.41. The Morgan fingerprint density at radius 3 is 1.04 bits per heavy atom. The largest absolute Gasteiger partial charge is 2.00 e. The zero-order valence-electron chi connectivity index (χ0n) is 12.3. The van der Waals surface area contributed by atoms with E-state index < -0.39 is 45.2 Å². The quantitative estimate of drug-likeness (QED) is 0.331. The first-order valence-electron chi connectivity index (χ1n) is 4.43. The molecule has 0 aromatic heterocycles. The number of hydrogen-bond acceptors (Lipinski definition) is 2. The fourth-order valence-electron chi connectivity index (χ4n) is 0.917. The van der Waals surface area contributed by atoms with Crippen molar-refractivity contribution in [3.05, 3.63) is 0 Å². The van der Waals surface area contributed by atoms with Gasteiger partial charge in [-0.2, -0.15) is 65.5 Å². The van der Waals surface area contributed by atoms with Gasteiger partial charge in [-0.05, 0) is 0 Å². The second kappa shape index (κ2) is 6.63. The van der Waals surface area contributed by atoms with Gasteiger partial charge in [-0.25, -0.2) is 0 Å². The number of halogens is 13. The first kappa shape index (κ1) is 26.8. The normalized spacial score (nSPS) is 15.9. The maximum atomic E-state index is 12.7. The predicted molar refractivity (Wildman–Crippen MR) is 50.3 cm³/mol. The third-order valence-electron chi connectivity index (χ3n) is 2.23. The summed E-state index contributed by atoms with van der Waals surface area (Å²) in [7, 11) is -7.61. The van der Waals surface area contributed by atoms with E-state index in [-0.39, 0.29) is 51.7 Å². The molecule has 0 rings (SSSR count). The minimum Gasteiger partial charge on any atom is -1.00 e. The molecule has 0 aromatic carbocycles. The summed E-state index contributed by atoms with van der Waals surface area (Å²) in [5, 5.41) is -7.52. The van der Waals surface area contributed by atoms with Crippen LogP contribution >= 0.6 is 0 Å². The van der Waals surface area contributed by atoms with Crippen molar-refractivity contribution in [2.45, 2.75) is 35.1 Å². The molecule has 0 fully saturated rings. The Balaban J connectivity index is -0.000000807. The second-order valence-electron chi connectivity index (χ2n) is 3.79. The van der Waals surface area contributed by atoms with Crippen LogP contribution in [-0.4, -0.2) is 97.0 Å². The molecule has 3 nitrogen and oxygen atoms in total. The molecule has 0 heterocycles. The van der Waals surface area contributed by atoms with Gasteiger partial charge in [-0.1, -0.05) is 0 Å². The van der Waals surface area contributed by atoms with Crippen molar-refractivity contribution in [3.63, 3.8) is 0 Å². The number of alkyl halides is 13. The zero-order chi connectivity index (χ0) is 19.5. The van der Waals surface area contributed by atoms with Gasteiger partial charge in [0.2, 0.25) is 0 Å². The van der Waals surface area contributed by atoms with Crippen LogP contribution in [0.3, 0.4) is 0 Å². The number of hydrogen-bond donors (Lipinski definition) is 1. The van der Waals surface area contributed by atoms with Crippen LogP contribution < -0.4 is 0 Å². The molecular formula is C6H3BaF13O3S. The van der Waals surface area contributed by atoms with Gasteiger partial charge in [-0.3, -0.25) is 4.55 Å². The zero-order valence-corrected chi connectivity index (χ0v) is 15.5. The molecule has 0 aliphatic rings. The van der Waals surface area contributed by atoms with E-state index in [2.05, 4.69) is 0 Å². The minimum absolute atomic E-state index is 0. The fourth-order valence-corrected chi connectivity index (χ4v) is 1.37. The van der Waals surface area contributed by atoms with Crippen LogP contribution in [-0.2, 0) is 10.1 Å². The molecule has 0 saturated carbocycles. The van der Waals surface area contributed by atoms with Crippen molar-refractivity contribution in [3.8, 4) is 0 Å². The van der Waals surface area contributed by atoms with Gasteiger partial charge in [0.05, 0.1) is 0 Å². The van der Waals surface area contributed by atoms with Gasteiger partial charge >= 0.3 is 94.1 Å². The van der Waals surface area contributed by atoms with E-state index in [0.717, 1.165) is 0 Å². The SMILES string of the molecule is O=S(=O)(O)C(F)(F)C(F)(F)C(F)(F)C(F)(F)C(F)(F)C(F)(F)F.[Ba+2].[H-].[H-]. The molecule has 0 amide bonds. The van der Waals surface area contributed by atoms with Crippen molar-refractivity contribution in [1.29, 1.82) is 0 Å². The van der Waals surface area contributed by atoms with Gasteiger partial charge in [0.1, 0.15) is 0 Å². The van der Waals surface area contributed by atoms with Crippen LogP contribution in [0.15, 0.2) is 0 Å². The average molecular weight is 539 g/mol. The summed E-state index contributed by atoms with van der Waals surface area (Å²) >= 11 is 0. The van der Waals surface area contributed by atoms with E-state index in [4.69, 9.17) is 4.55 Å². The molecular weight excluding hydrogens is 536 g/mol. The van der Waals surface area contributed by atoms with Gasteiger partial charge in [0.15, 0.2) is 0 Å². The molecule has 0 spiro atoms. The Hall–Kier alpha value is 0.571. The average Bonchev–Trinajstić information content (AvgIpc) is 2.24. The first-order chi connectivity index (χ1) is 9.50. The molecule has 0 aliphatic carbocycles. The van der Waals surface area contributed by atoms with E-state index in [1.807, 2.05) is 0 Å². The molecule has 0 aromatic rings. The molecule has 0 aliphatic heterocycles. The van der Waals surface area contributed by atoms with Crippen molar-refractivity contribution in [2.75, 3.05) is 0 Å². The topological polar surface area (TPSA) is 54.4 Å². The summed E-state index contributed by atoms with van der Waals surface area (Å²) in [5.74, 6) is -32.5. The summed E-state index contributed by atoms with van der Waals surface area (Å²) in [6.45, 7) is 0. The summed E-state index contributed by atoms with van der Waals surface area (Å²) in [6.07, 6.45) is -7.59. The molecule has 0 unspecified atom stereocenters. The summed E-state index contributed by atoms with van der Waals surface area (Å²) < 4.78 is 188. The molecule has 0 radical (unpaired) electrons. The van der Waals surface area contributed by atoms with Crippen LogP contribution in [0.2, 0.25) is 0 Å². The Morgan fingerprint density at radius 2 is 0.833 bits per heavy atom. The first-order valence-corrected chi connectivity index (χ1v) is 5.87. The monoisotopic (exact) mass is 540 g/mol. The Kier molecular flexibility index (Phi) is 7.40. The van der Waals surface area contributed by atoms with E-state index >= 15 is 0 Å². The summed E-state index contributed by atoms with van der Waals surface area (Å²) in [5.41, 5.74) is 0. The maximum absolute atomic E-state index is 12.7. The second-order valence-corrected chi connectivity index (χ2v) is 5.25. The van der Waals surface area contributed by atoms with Gasteiger partial charge < -0.3 is 2.85 Å². The van der Waals surface area contributed by atoms with Gasteiger partial charge in [0, 0.05) is 0 Å². The maximum Gasteiger partial charge on any atom is 2.00 e. The van der Waals surface area contributed by atoms with Crippen LogP contribution in [0, 0.1) is 0 Å². The van der Waals surface area contributed by atoms with E-state index in [9.17, 15) is 65.5 Å². The van der Waals surface area contributed by atoms with Crippen molar-refractivity contribution < 1.29 is 72.9 Å². The molecule has 0 bridgehead atoms. The summed E-state index contributed by atoms with van der Waals surface area (Å²) in [4.78, 5) is 0. The summed E-state index contributed by atoms with van der Waals surface area (Å²) in [6, 6.07) is 0. The third-order valence-corrected chi connectivity index (χ3v) is 3.13. The van der Waals surface area contributed by atoms with Crippen molar-refractivity contribution in [2.24, 2.45) is 0 Å². The van der Waals surface area contributed by atoms with Crippen LogP contribution in [0.4, 0.5) is 57.1 Å². The minimum atomic E-state index is -8.25. The van der Waals surface area contributed by atoms with Gasteiger partial charge in [0.25, 0.3) is 0 Å². The van der Waals surface area contributed by atoms with Crippen LogP contribution in [0.25, 0.3) is 0 Å². The van der Waals surface area contributed by atoms with E-state index in [1.54, 1.807) is 0 Å². The number of rotatable bonds is 5. The smallest absolute Gasteiger partial charge is 1.00 e. The Morgan fingerprint density at radius 1 is 0.583 bits per heavy atom. The van der Waals surface area contributed by atoms with E-state index in [0.29, 0.717) is 0 Å². The molecule has 24 heavy (non-hydrogen) atoms. The molecule has 18 heteroatoms. The standard InChI is InChI=1S/C6HF13O3S.Ba.2H/c7-1(8,3(11,12)5(15,16)17)2(9,10)4(13,14)6(18,19)23(20,21)22;;;/h(H,20,21,22);;;/q;+2;2*-1. The van der Waals surface area contributed by atoms with Crippen LogP contribution in [0.5, 0.6) is 0 Å². The van der Waals surface area contributed by atoms with Gasteiger partial charge in [-0.15, -0.1) is 0 Å². The fraction of sp³-hybridized carbons (Fsp3) is 1.00. The van der Waals surface area contributed by atoms with E-state index in [1.165, 1.54) is 0 Å². The van der Waals surface area contributed by atoms with Crippen LogP contribution in [0.1, 0.15) is 2.85 Å². The molecule has 144 valence electrons. The van der Waals surface area contributed by atoms with Crippen molar-refractivity contribution >= 4 is 59.0 Å². The third kappa shape index (κ3) is 3.53. The Labute approximate surface area is 166 Å². The van der Waals surface area contributed by atoms with Crippen molar-refractivity contribution in [1.82, 2.24) is 0 Å². The molecule has 1 N–H and O–H groups in total. The Bertz CT molecular complexity index is 575.